The van der Waals surface area contributed by atoms with Crippen LogP contribution in [0.25, 0.3) is 0 Å². The van der Waals surface area contributed by atoms with E-state index in [1.165, 1.54) is 0 Å². The van der Waals surface area contributed by atoms with Crippen molar-refractivity contribution in [1.82, 2.24) is 24.7 Å². The van der Waals surface area contributed by atoms with E-state index in [4.69, 9.17) is 9.26 Å². The minimum atomic E-state index is -0.0907. The van der Waals surface area contributed by atoms with Crippen LogP contribution in [0.3, 0.4) is 0 Å². The molecule has 146 valence electrons. The van der Waals surface area contributed by atoms with Crippen LogP contribution in [0.15, 0.2) is 29.1 Å². The van der Waals surface area contributed by atoms with Crippen LogP contribution in [-0.4, -0.2) is 76.7 Å². The molecule has 0 spiro atoms. The van der Waals surface area contributed by atoms with Gasteiger partial charge >= 0.3 is 6.03 Å². The molecule has 0 unspecified atom stereocenters. The fraction of sp³-hybridized carbons (Fsp3) is 0.611. The Morgan fingerprint density at radius 1 is 1.15 bits per heavy atom. The molecular formula is C18H26N6O3. The van der Waals surface area contributed by atoms with Crippen molar-refractivity contribution in [3.8, 4) is 0 Å². The van der Waals surface area contributed by atoms with E-state index >= 15 is 0 Å². The number of carbonyl (C=O) groups is 1. The Bertz CT molecular complexity index is 717. The van der Waals surface area contributed by atoms with Gasteiger partial charge in [-0.1, -0.05) is 5.16 Å². The smallest absolute Gasteiger partial charge is 0.323 e. The molecule has 0 aliphatic carbocycles. The van der Waals surface area contributed by atoms with Crippen molar-refractivity contribution in [2.75, 3.05) is 51.3 Å². The topological polar surface area (TPSA) is 88.7 Å². The highest BCUT2D eigenvalue weighted by Gasteiger charge is 2.25. The zero-order valence-corrected chi connectivity index (χ0v) is 15.4. The highest BCUT2D eigenvalue weighted by atomic mass is 16.5. The number of nitrogens with zero attached hydrogens (tertiary/aromatic N) is 5. The summed E-state index contributed by atoms with van der Waals surface area (Å²) in [5.74, 6) is 0.966. The third-order valence-corrected chi connectivity index (χ3v) is 5.28. The Kier molecular flexibility index (Phi) is 5.69. The minimum absolute atomic E-state index is 0.0907. The first-order chi connectivity index (χ1) is 13.3. The van der Waals surface area contributed by atoms with Crippen LogP contribution < -0.4 is 5.32 Å². The first-order valence-corrected chi connectivity index (χ1v) is 9.58. The molecule has 2 saturated heterocycles. The lowest BCUT2D eigenvalue weighted by Gasteiger charge is -2.30. The maximum atomic E-state index is 12.5. The number of likely N-dealkylation sites (tertiary alicyclic amines) is 1. The Morgan fingerprint density at radius 3 is 2.70 bits per heavy atom. The third kappa shape index (κ3) is 4.67. The lowest BCUT2D eigenvalue weighted by molar-refractivity contribution is 0.0360. The number of piperidine rings is 1. The van der Waals surface area contributed by atoms with Gasteiger partial charge in [-0.2, -0.15) is 5.10 Å². The summed E-state index contributed by atoms with van der Waals surface area (Å²) in [6, 6.07) is 3.66. The number of carbonyl (C=O) groups excluding carboxylic acids is 1. The van der Waals surface area contributed by atoms with Crippen LogP contribution in [-0.2, 0) is 11.3 Å². The maximum Gasteiger partial charge on any atom is 0.323 e. The number of hydrogen-bond acceptors (Lipinski definition) is 6. The van der Waals surface area contributed by atoms with Crippen molar-refractivity contribution in [2.45, 2.75) is 25.3 Å². The van der Waals surface area contributed by atoms with Gasteiger partial charge in [0.2, 0.25) is 0 Å². The van der Waals surface area contributed by atoms with Gasteiger partial charge in [-0.25, -0.2) is 4.79 Å². The fourth-order valence-electron chi connectivity index (χ4n) is 3.62. The molecule has 27 heavy (non-hydrogen) atoms. The highest BCUT2D eigenvalue weighted by Crippen LogP contribution is 2.26. The zero-order valence-electron chi connectivity index (χ0n) is 15.4. The first-order valence-electron chi connectivity index (χ1n) is 9.58. The molecule has 0 saturated carbocycles. The molecule has 2 aromatic rings. The van der Waals surface area contributed by atoms with Crippen molar-refractivity contribution in [1.29, 1.82) is 0 Å². The molecule has 2 aliphatic heterocycles. The van der Waals surface area contributed by atoms with E-state index in [0.29, 0.717) is 24.8 Å². The molecule has 0 aromatic carbocycles. The van der Waals surface area contributed by atoms with Gasteiger partial charge in [0, 0.05) is 57.0 Å². The Morgan fingerprint density at radius 2 is 1.96 bits per heavy atom. The van der Waals surface area contributed by atoms with Gasteiger partial charge < -0.3 is 14.2 Å². The van der Waals surface area contributed by atoms with Crippen LogP contribution in [0, 0.1) is 0 Å². The SMILES string of the molecule is O=C(Nc1ccn(CCN2CCOCC2)n1)N1CCC(c2ccon2)CC1. The summed E-state index contributed by atoms with van der Waals surface area (Å²) in [7, 11) is 0. The van der Waals surface area contributed by atoms with Gasteiger partial charge in [0.25, 0.3) is 0 Å². The number of aromatic nitrogens is 3. The molecule has 2 fully saturated rings. The molecule has 0 atom stereocenters. The van der Waals surface area contributed by atoms with E-state index in [1.807, 2.05) is 27.9 Å². The summed E-state index contributed by atoms with van der Waals surface area (Å²) < 4.78 is 12.2. The molecule has 9 heteroatoms. The second-order valence-corrected chi connectivity index (χ2v) is 7.03. The summed E-state index contributed by atoms with van der Waals surface area (Å²) in [6.07, 6.45) is 5.30. The Labute approximate surface area is 158 Å². The number of nitrogens with one attached hydrogen (secondary N) is 1. The molecule has 9 nitrogen and oxygen atoms in total. The standard InChI is InChI=1S/C18H26N6O3/c25-18(23-5-1-15(2-6-23)16-4-12-27-21-16)19-17-3-7-24(20-17)9-8-22-10-13-26-14-11-22/h3-4,7,12,15H,1-2,5-6,8-11,13-14H2,(H,19,20,25). The van der Waals surface area contributed by atoms with Crippen LogP contribution in [0.4, 0.5) is 10.6 Å². The van der Waals surface area contributed by atoms with Crippen LogP contribution in [0.1, 0.15) is 24.5 Å². The average Bonchev–Trinajstić information content (AvgIpc) is 3.40. The number of urea groups is 1. The van der Waals surface area contributed by atoms with E-state index in [0.717, 1.165) is 57.9 Å². The summed E-state index contributed by atoms with van der Waals surface area (Å²) in [6.45, 7) is 6.70. The van der Waals surface area contributed by atoms with Crippen molar-refractivity contribution in [2.24, 2.45) is 0 Å². The summed E-state index contributed by atoms with van der Waals surface area (Å²) in [5.41, 5.74) is 0.981. The van der Waals surface area contributed by atoms with Crippen molar-refractivity contribution in [3.05, 3.63) is 30.3 Å². The van der Waals surface area contributed by atoms with Gasteiger partial charge in [-0.15, -0.1) is 0 Å². The van der Waals surface area contributed by atoms with Crippen LogP contribution >= 0.6 is 0 Å². The minimum Gasteiger partial charge on any atom is -0.379 e. The number of hydrogen-bond donors (Lipinski definition) is 1. The van der Waals surface area contributed by atoms with E-state index < -0.39 is 0 Å². The lowest BCUT2D eigenvalue weighted by atomic mass is 9.94. The monoisotopic (exact) mass is 374 g/mol. The first kappa shape index (κ1) is 18.0. The molecule has 2 aliphatic rings. The van der Waals surface area contributed by atoms with Crippen molar-refractivity contribution < 1.29 is 14.1 Å². The van der Waals surface area contributed by atoms with Gasteiger partial charge in [0.1, 0.15) is 6.26 Å². The van der Waals surface area contributed by atoms with Crippen molar-refractivity contribution in [3.63, 3.8) is 0 Å². The largest absolute Gasteiger partial charge is 0.379 e. The van der Waals surface area contributed by atoms with Gasteiger partial charge in [-0.3, -0.25) is 14.9 Å². The normalized spacial score (nSPS) is 19.3. The van der Waals surface area contributed by atoms with E-state index in [-0.39, 0.29) is 6.03 Å². The molecule has 1 N–H and O–H groups in total. The maximum absolute atomic E-state index is 12.5. The van der Waals surface area contributed by atoms with Crippen LogP contribution in [0.5, 0.6) is 0 Å². The number of ether oxygens (including phenoxy) is 1. The fourth-order valence-corrected chi connectivity index (χ4v) is 3.62. The Hall–Kier alpha value is -2.39. The molecule has 2 aromatic heterocycles. The van der Waals surface area contributed by atoms with Gasteiger partial charge in [0.15, 0.2) is 5.82 Å². The zero-order chi connectivity index (χ0) is 18.5. The predicted molar refractivity (Wildman–Crippen MR) is 98.6 cm³/mol. The summed E-state index contributed by atoms with van der Waals surface area (Å²) in [5, 5.41) is 11.4. The van der Waals surface area contributed by atoms with E-state index in [1.54, 1.807) is 6.26 Å². The second-order valence-electron chi connectivity index (χ2n) is 7.03. The van der Waals surface area contributed by atoms with Gasteiger partial charge in [-0.05, 0) is 12.8 Å². The summed E-state index contributed by atoms with van der Waals surface area (Å²) >= 11 is 0. The van der Waals surface area contributed by atoms with E-state index in [2.05, 4.69) is 20.5 Å². The highest BCUT2D eigenvalue weighted by molar-refractivity contribution is 5.88. The average molecular weight is 374 g/mol. The predicted octanol–water partition coefficient (Wildman–Crippen LogP) is 1.61. The number of anilines is 1. The van der Waals surface area contributed by atoms with Crippen molar-refractivity contribution >= 4 is 11.8 Å². The molecule has 4 heterocycles. The Balaban J connectivity index is 1.22. The number of rotatable bonds is 5. The molecule has 4 rings (SSSR count). The van der Waals surface area contributed by atoms with E-state index in [9.17, 15) is 4.79 Å². The second kappa shape index (κ2) is 8.53. The molecule has 2 amide bonds. The van der Waals surface area contributed by atoms with Gasteiger partial charge in [0.05, 0.1) is 25.5 Å². The number of morpholine rings is 1. The molecule has 0 bridgehead atoms. The quantitative estimate of drug-likeness (QED) is 0.855. The summed E-state index contributed by atoms with van der Waals surface area (Å²) in [4.78, 5) is 16.7. The molecular weight excluding hydrogens is 348 g/mol. The number of amides is 2. The van der Waals surface area contributed by atoms with Crippen LogP contribution in [0.2, 0.25) is 0 Å². The lowest BCUT2D eigenvalue weighted by Crippen LogP contribution is -2.40. The molecule has 0 radical (unpaired) electrons. The third-order valence-electron chi connectivity index (χ3n) is 5.28.